The summed E-state index contributed by atoms with van der Waals surface area (Å²) in [6.07, 6.45) is 7.58. The van der Waals surface area contributed by atoms with Crippen LogP contribution in [0.15, 0.2) is 6.07 Å². The van der Waals surface area contributed by atoms with Crippen molar-refractivity contribution in [3.63, 3.8) is 0 Å². The molecule has 0 bridgehead atoms. The van der Waals surface area contributed by atoms with Crippen molar-refractivity contribution in [1.29, 1.82) is 0 Å². The lowest BCUT2D eigenvalue weighted by Crippen LogP contribution is -2.06. The lowest BCUT2D eigenvalue weighted by Gasteiger charge is -2.08. The van der Waals surface area contributed by atoms with Crippen LogP contribution in [0.2, 0.25) is 0 Å². The zero-order chi connectivity index (χ0) is 14.1. The zero-order valence-corrected chi connectivity index (χ0v) is 13.0. The first-order valence-electron chi connectivity index (χ1n) is 7.70. The van der Waals surface area contributed by atoms with Gasteiger partial charge in [0.1, 0.15) is 11.6 Å². The van der Waals surface area contributed by atoms with E-state index in [-0.39, 0.29) is 0 Å². The Morgan fingerprint density at radius 3 is 2.53 bits per heavy atom. The van der Waals surface area contributed by atoms with Crippen molar-refractivity contribution in [2.24, 2.45) is 5.92 Å². The molecule has 0 amide bonds. The minimum atomic E-state index is 0.842. The molecule has 0 aromatic carbocycles. The van der Waals surface area contributed by atoms with Crippen LogP contribution in [0.25, 0.3) is 0 Å². The fourth-order valence-electron chi connectivity index (χ4n) is 2.15. The van der Waals surface area contributed by atoms with Gasteiger partial charge in [0, 0.05) is 18.3 Å². The van der Waals surface area contributed by atoms with Crippen LogP contribution in [-0.4, -0.2) is 16.5 Å². The second kappa shape index (κ2) is 8.89. The maximum atomic E-state index is 4.42. The van der Waals surface area contributed by atoms with Gasteiger partial charge < -0.3 is 5.32 Å². The number of hydrogen-bond donors (Lipinski definition) is 1. The van der Waals surface area contributed by atoms with Gasteiger partial charge in [0.05, 0.1) is 0 Å². The van der Waals surface area contributed by atoms with E-state index < -0.39 is 0 Å². The summed E-state index contributed by atoms with van der Waals surface area (Å²) >= 11 is 0. The highest BCUT2D eigenvalue weighted by Gasteiger charge is 2.00. The average molecular weight is 263 g/mol. The van der Waals surface area contributed by atoms with Crippen LogP contribution in [-0.2, 0) is 6.42 Å². The molecule has 0 spiro atoms. The van der Waals surface area contributed by atoms with Crippen molar-refractivity contribution >= 4 is 5.82 Å². The van der Waals surface area contributed by atoms with Gasteiger partial charge in [-0.1, -0.05) is 46.5 Å². The maximum Gasteiger partial charge on any atom is 0.129 e. The number of aryl methyl sites for hydroxylation is 2. The fourth-order valence-corrected chi connectivity index (χ4v) is 2.15. The number of nitrogens with one attached hydrogen (secondary N) is 1. The number of unbranched alkanes of at least 4 members (excludes halogenated alkanes) is 3. The van der Waals surface area contributed by atoms with Gasteiger partial charge >= 0.3 is 0 Å². The van der Waals surface area contributed by atoms with Crippen LogP contribution < -0.4 is 5.32 Å². The highest BCUT2D eigenvalue weighted by Crippen LogP contribution is 2.10. The van der Waals surface area contributed by atoms with E-state index in [2.05, 4.69) is 42.1 Å². The Balaban J connectivity index is 2.17. The lowest BCUT2D eigenvalue weighted by molar-refractivity contribution is 0.523. The summed E-state index contributed by atoms with van der Waals surface area (Å²) in [6.45, 7) is 9.69. The van der Waals surface area contributed by atoms with E-state index in [1.165, 1.54) is 32.1 Å². The molecule has 3 nitrogen and oxygen atoms in total. The number of rotatable bonds is 9. The number of anilines is 1. The Morgan fingerprint density at radius 1 is 1.11 bits per heavy atom. The molecule has 0 aliphatic carbocycles. The molecule has 108 valence electrons. The molecule has 0 atom stereocenters. The fraction of sp³-hybridized carbons (Fsp3) is 0.750. The van der Waals surface area contributed by atoms with Crippen molar-refractivity contribution in [3.05, 3.63) is 17.6 Å². The SMILES string of the molecule is CCc1cc(NCCCCCCC(C)C)nc(C)n1. The van der Waals surface area contributed by atoms with Gasteiger partial charge in [0.15, 0.2) is 0 Å². The molecule has 19 heavy (non-hydrogen) atoms. The van der Waals surface area contributed by atoms with E-state index >= 15 is 0 Å². The molecule has 1 rings (SSSR count). The molecule has 0 aliphatic heterocycles. The van der Waals surface area contributed by atoms with E-state index in [0.29, 0.717) is 0 Å². The van der Waals surface area contributed by atoms with Crippen LogP contribution in [0.4, 0.5) is 5.82 Å². The van der Waals surface area contributed by atoms with Crippen molar-refractivity contribution in [3.8, 4) is 0 Å². The molecule has 1 N–H and O–H groups in total. The summed E-state index contributed by atoms with van der Waals surface area (Å²) < 4.78 is 0. The van der Waals surface area contributed by atoms with Crippen LogP contribution in [0, 0.1) is 12.8 Å². The Kier molecular flexibility index (Phi) is 7.46. The van der Waals surface area contributed by atoms with Gasteiger partial charge in [-0.25, -0.2) is 9.97 Å². The Labute approximate surface area is 118 Å². The van der Waals surface area contributed by atoms with Gasteiger partial charge in [-0.2, -0.15) is 0 Å². The summed E-state index contributed by atoms with van der Waals surface area (Å²) in [5.74, 6) is 2.68. The van der Waals surface area contributed by atoms with Crippen molar-refractivity contribution < 1.29 is 0 Å². The van der Waals surface area contributed by atoms with Gasteiger partial charge in [-0.05, 0) is 25.7 Å². The van der Waals surface area contributed by atoms with Gasteiger partial charge in [0.2, 0.25) is 0 Å². The Morgan fingerprint density at radius 2 is 1.84 bits per heavy atom. The number of hydrogen-bond acceptors (Lipinski definition) is 3. The third-order valence-corrected chi connectivity index (χ3v) is 3.27. The van der Waals surface area contributed by atoms with E-state index in [9.17, 15) is 0 Å². The predicted molar refractivity (Wildman–Crippen MR) is 82.6 cm³/mol. The molecule has 0 aliphatic rings. The summed E-state index contributed by atoms with van der Waals surface area (Å²) in [4.78, 5) is 8.80. The van der Waals surface area contributed by atoms with E-state index in [1.54, 1.807) is 0 Å². The minimum absolute atomic E-state index is 0.842. The highest BCUT2D eigenvalue weighted by molar-refractivity contribution is 5.35. The standard InChI is InChI=1S/C16H29N3/c1-5-15-12-16(19-14(4)18-15)17-11-9-7-6-8-10-13(2)3/h12-13H,5-11H2,1-4H3,(H,17,18,19). The molecular weight excluding hydrogens is 234 g/mol. The van der Waals surface area contributed by atoms with Crippen LogP contribution in [0.1, 0.15) is 64.4 Å². The maximum absolute atomic E-state index is 4.42. The first-order valence-corrected chi connectivity index (χ1v) is 7.70. The van der Waals surface area contributed by atoms with E-state index in [4.69, 9.17) is 0 Å². The topological polar surface area (TPSA) is 37.8 Å². The quantitative estimate of drug-likeness (QED) is 0.672. The zero-order valence-electron chi connectivity index (χ0n) is 13.0. The summed E-state index contributed by atoms with van der Waals surface area (Å²) in [5, 5.41) is 3.41. The summed E-state index contributed by atoms with van der Waals surface area (Å²) in [5.41, 5.74) is 1.12. The Bertz CT molecular complexity index is 361. The molecule has 3 heteroatoms. The lowest BCUT2D eigenvalue weighted by atomic mass is 10.0. The molecule has 0 fully saturated rings. The molecule has 0 unspecified atom stereocenters. The third kappa shape index (κ3) is 7.14. The van der Waals surface area contributed by atoms with Crippen molar-refractivity contribution in [2.75, 3.05) is 11.9 Å². The van der Waals surface area contributed by atoms with Crippen LogP contribution in [0.5, 0.6) is 0 Å². The summed E-state index contributed by atoms with van der Waals surface area (Å²) in [6, 6.07) is 2.06. The first-order chi connectivity index (χ1) is 9.11. The number of aromatic nitrogens is 2. The third-order valence-electron chi connectivity index (χ3n) is 3.27. The second-order valence-corrected chi connectivity index (χ2v) is 5.67. The molecular formula is C16H29N3. The molecule has 1 aromatic heterocycles. The average Bonchev–Trinajstić information content (AvgIpc) is 2.36. The largest absolute Gasteiger partial charge is 0.370 e. The van der Waals surface area contributed by atoms with Gasteiger partial charge in [-0.3, -0.25) is 0 Å². The first kappa shape index (κ1) is 15.9. The normalized spacial score (nSPS) is 11.0. The molecule has 0 radical (unpaired) electrons. The molecule has 1 heterocycles. The minimum Gasteiger partial charge on any atom is -0.370 e. The Hall–Kier alpha value is -1.12. The van der Waals surface area contributed by atoms with Crippen LogP contribution >= 0.6 is 0 Å². The number of nitrogens with zero attached hydrogens (tertiary/aromatic N) is 2. The molecule has 0 saturated heterocycles. The van der Waals surface area contributed by atoms with Crippen molar-refractivity contribution in [2.45, 2.75) is 66.2 Å². The monoisotopic (exact) mass is 263 g/mol. The van der Waals surface area contributed by atoms with E-state index in [1.807, 2.05) is 6.92 Å². The molecule has 1 aromatic rings. The predicted octanol–water partition coefficient (Wildman–Crippen LogP) is 4.37. The van der Waals surface area contributed by atoms with Crippen LogP contribution in [0.3, 0.4) is 0 Å². The smallest absolute Gasteiger partial charge is 0.129 e. The van der Waals surface area contributed by atoms with Gasteiger partial charge in [-0.15, -0.1) is 0 Å². The molecule has 0 saturated carbocycles. The van der Waals surface area contributed by atoms with Crippen molar-refractivity contribution in [1.82, 2.24) is 9.97 Å². The van der Waals surface area contributed by atoms with Gasteiger partial charge in [0.25, 0.3) is 0 Å². The highest BCUT2D eigenvalue weighted by atomic mass is 15.0. The second-order valence-electron chi connectivity index (χ2n) is 5.67. The van der Waals surface area contributed by atoms with E-state index in [0.717, 1.165) is 36.2 Å². The summed E-state index contributed by atoms with van der Waals surface area (Å²) in [7, 11) is 0.